The Morgan fingerprint density at radius 1 is 1.36 bits per heavy atom. The van der Waals surface area contributed by atoms with Gasteiger partial charge < -0.3 is 14.3 Å². The molecule has 0 aromatic carbocycles. The van der Waals surface area contributed by atoms with E-state index in [1.165, 1.54) is 0 Å². The molecule has 0 bridgehead atoms. The molecule has 1 rings (SSSR count). The van der Waals surface area contributed by atoms with E-state index < -0.39 is 5.79 Å². The van der Waals surface area contributed by atoms with Crippen molar-refractivity contribution in [1.29, 1.82) is 0 Å². The van der Waals surface area contributed by atoms with Gasteiger partial charge in [0.2, 0.25) is 0 Å². The van der Waals surface area contributed by atoms with Crippen molar-refractivity contribution in [3.05, 3.63) is 0 Å². The molecular weight excluding hydrogens is 180 g/mol. The largest absolute Gasteiger partial charge is 0.348 e. The van der Waals surface area contributed by atoms with Gasteiger partial charge >= 0.3 is 0 Å². The van der Waals surface area contributed by atoms with Crippen LogP contribution in [0.1, 0.15) is 40.0 Å². The van der Waals surface area contributed by atoms with Gasteiger partial charge in [0, 0.05) is 11.8 Å². The quantitative estimate of drug-likeness (QED) is 0.638. The van der Waals surface area contributed by atoms with E-state index in [1.807, 2.05) is 20.8 Å². The first-order chi connectivity index (χ1) is 6.47. The van der Waals surface area contributed by atoms with Gasteiger partial charge in [0.25, 0.3) is 0 Å². The van der Waals surface area contributed by atoms with Gasteiger partial charge in [-0.1, -0.05) is 13.8 Å². The Hall–Kier alpha value is -0.410. The fourth-order valence-corrected chi connectivity index (χ4v) is 1.63. The number of carbonyl (C=O) groups excluding carboxylic acids is 1. The van der Waals surface area contributed by atoms with Crippen LogP contribution in [0.2, 0.25) is 0 Å². The smallest absolute Gasteiger partial charge is 0.165 e. The average Bonchev–Trinajstić information content (AvgIpc) is 2.52. The number of hydrogen-bond donors (Lipinski definition) is 0. The van der Waals surface area contributed by atoms with Crippen LogP contribution in [0, 0.1) is 5.41 Å². The third-order valence-electron chi connectivity index (χ3n) is 2.67. The van der Waals surface area contributed by atoms with Gasteiger partial charge in [-0.3, -0.25) is 0 Å². The molecule has 1 heterocycles. The summed E-state index contributed by atoms with van der Waals surface area (Å²) in [6, 6.07) is 0. The van der Waals surface area contributed by atoms with Crippen molar-refractivity contribution in [3.8, 4) is 0 Å². The molecule has 82 valence electrons. The molecule has 0 aromatic heterocycles. The topological polar surface area (TPSA) is 35.5 Å². The summed E-state index contributed by atoms with van der Waals surface area (Å²) in [6.45, 7) is 7.26. The fraction of sp³-hybridized carbons (Fsp3) is 0.909. The highest BCUT2D eigenvalue weighted by molar-refractivity contribution is 5.57. The summed E-state index contributed by atoms with van der Waals surface area (Å²) in [5, 5.41) is 0. The zero-order valence-electron chi connectivity index (χ0n) is 9.34. The van der Waals surface area contributed by atoms with Crippen LogP contribution in [-0.4, -0.2) is 25.3 Å². The summed E-state index contributed by atoms with van der Waals surface area (Å²) in [5.41, 5.74) is -0.213. The molecule has 0 unspecified atom stereocenters. The summed E-state index contributed by atoms with van der Waals surface area (Å²) < 4.78 is 11.0. The van der Waals surface area contributed by atoms with Gasteiger partial charge in [0.15, 0.2) is 5.79 Å². The first-order valence-electron chi connectivity index (χ1n) is 5.22. The van der Waals surface area contributed by atoms with Crippen molar-refractivity contribution < 1.29 is 14.3 Å². The van der Waals surface area contributed by atoms with Crippen molar-refractivity contribution in [1.82, 2.24) is 0 Å². The molecule has 1 aliphatic heterocycles. The lowest BCUT2D eigenvalue weighted by Gasteiger charge is -2.24. The molecule has 0 N–H and O–H groups in total. The molecule has 1 fully saturated rings. The van der Waals surface area contributed by atoms with E-state index in [-0.39, 0.29) is 5.41 Å². The Bertz CT molecular complexity index is 193. The van der Waals surface area contributed by atoms with Crippen molar-refractivity contribution >= 4 is 6.29 Å². The molecule has 0 radical (unpaired) electrons. The minimum absolute atomic E-state index is 0.213. The maximum Gasteiger partial charge on any atom is 0.165 e. The number of hydrogen-bond acceptors (Lipinski definition) is 3. The number of carbonyl (C=O) groups is 1. The van der Waals surface area contributed by atoms with Crippen molar-refractivity contribution in [2.24, 2.45) is 5.41 Å². The van der Waals surface area contributed by atoms with Crippen LogP contribution in [0.15, 0.2) is 0 Å². The lowest BCUT2D eigenvalue weighted by Crippen LogP contribution is -2.26. The second kappa shape index (κ2) is 4.41. The molecule has 3 heteroatoms. The molecule has 14 heavy (non-hydrogen) atoms. The monoisotopic (exact) mass is 200 g/mol. The molecule has 1 aliphatic rings. The Morgan fingerprint density at radius 3 is 2.43 bits per heavy atom. The van der Waals surface area contributed by atoms with Gasteiger partial charge in [0.1, 0.15) is 6.29 Å². The number of ether oxygens (including phenoxy) is 2. The average molecular weight is 200 g/mol. The van der Waals surface area contributed by atoms with Crippen molar-refractivity contribution in [2.45, 2.75) is 45.8 Å². The summed E-state index contributed by atoms with van der Waals surface area (Å²) in [7, 11) is 0. The lowest BCUT2D eigenvalue weighted by molar-refractivity contribution is -0.148. The second-order valence-electron chi connectivity index (χ2n) is 4.79. The number of rotatable bonds is 5. The van der Waals surface area contributed by atoms with Crippen LogP contribution >= 0.6 is 0 Å². The zero-order chi connectivity index (χ0) is 10.7. The van der Waals surface area contributed by atoms with E-state index in [4.69, 9.17) is 9.47 Å². The highest BCUT2D eigenvalue weighted by Crippen LogP contribution is 2.28. The molecular formula is C11H20O3. The summed E-state index contributed by atoms with van der Waals surface area (Å²) in [4.78, 5) is 10.7. The summed E-state index contributed by atoms with van der Waals surface area (Å²) in [5.74, 6) is -0.404. The van der Waals surface area contributed by atoms with Gasteiger partial charge in [-0.2, -0.15) is 0 Å². The van der Waals surface area contributed by atoms with E-state index in [1.54, 1.807) is 0 Å². The third kappa shape index (κ3) is 3.39. The SMILES string of the molecule is CC(C)(C=O)CCCC1(C)OCCO1. The molecule has 0 saturated carbocycles. The fourth-order valence-electron chi connectivity index (χ4n) is 1.63. The first-order valence-corrected chi connectivity index (χ1v) is 5.22. The molecule has 1 saturated heterocycles. The maximum atomic E-state index is 10.7. The molecule has 0 amide bonds. The first kappa shape index (κ1) is 11.7. The molecule has 3 nitrogen and oxygen atoms in total. The van der Waals surface area contributed by atoms with Crippen LogP contribution in [0.3, 0.4) is 0 Å². The maximum absolute atomic E-state index is 10.7. The van der Waals surface area contributed by atoms with E-state index in [0.29, 0.717) is 13.2 Å². The normalized spacial score (nSPS) is 21.1. The van der Waals surface area contributed by atoms with Gasteiger partial charge in [0.05, 0.1) is 13.2 Å². The molecule has 0 atom stereocenters. The van der Waals surface area contributed by atoms with E-state index in [2.05, 4.69) is 0 Å². The minimum Gasteiger partial charge on any atom is -0.348 e. The second-order valence-corrected chi connectivity index (χ2v) is 4.79. The number of aldehydes is 1. The van der Waals surface area contributed by atoms with Gasteiger partial charge in [-0.05, 0) is 19.8 Å². The highest BCUT2D eigenvalue weighted by atomic mass is 16.7. The van der Waals surface area contributed by atoms with Gasteiger partial charge in [-0.25, -0.2) is 0 Å². The minimum atomic E-state index is -0.404. The van der Waals surface area contributed by atoms with E-state index in [0.717, 1.165) is 25.5 Å². The van der Waals surface area contributed by atoms with Crippen LogP contribution in [0.5, 0.6) is 0 Å². The van der Waals surface area contributed by atoms with Crippen molar-refractivity contribution in [2.75, 3.05) is 13.2 Å². The van der Waals surface area contributed by atoms with E-state index in [9.17, 15) is 4.79 Å². The summed E-state index contributed by atoms with van der Waals surface area (Å²) >= 11 is 0. The Balaban J connectivity index is 2.23. The zero-order valence-corrected chi connectivity index (χ0v) is 9.34. The lowest BCUT2D eigenvalue weighted by atomic mass is 9.88. The third-order valence-corrected chi connectivity index (χ3v) is 2.67. The Morgan fingerprint density at radius 2 is 1.93 bits per heavy atom. The van der Waals surface area contributed by atoms with Crippen LogP contribution in [0.25, 0.3) is 0 Å². The Labute approximate surface area is 85.8 Å². The Kier molecular flexibility index (Phi) is 3.67. The predicted octanol–water partition coefficient (Wildman–Crippen LogP) is 2.14. The van der Waals surface area contributed by atoms with Crippen LogP contribution < -0.4 is 0 Å². The predicted molar refractivity (Wildman–Crippen MR) is 54.0 cm³/mol. The molecule has 0 spiro atoms. The van der Waals surface area contributed by atoms with E-state index >= 15 is 0 Å². The van der Waals surface area contributed by atoms with Crippen LogP contribution in [-0.2, 0) is 14.3 Å². The molecule has 0 aliphatic carbocycles. The highest BCUT2D eigenvalue weighted by Gasteiger charge is 2.31. The van der Waals surface area contributed by atoms with Crippen molar-refractivity contribution in [3.63, 3.8) is 0 Å². The molecule has 0 aromatic rings. The van der Waals surface area contributed by atoms with Gasteiger partial charge in [-0.15, -0.1) is 0 Å². The van der Waals surface area contributed by atoms with Crippen LogP contribution in [0.4, 0.5) is 0 Å². The standard InChI is InChI=1S/C11H20O3/c1-10(2,9-12)5-4-6-11(3)13-7-8-14-11/h9H,4-8H2,1-3H3. The summed E-state index contributed by atoms with van der Waals surface area (Å²) in [6.07, 6.45) is 3.73.